The van der Waals surface area contributed by atoms with Gasteiger partial charge in [0.2, 0.25) is 5.88 Å². The van der Waals surface area contributed by atoms with Gasteiger partial charge in [0.05, 0.1) is 12.3 Å². The number of nitrogens with one attached hydrogen (secondary N) is 1. The topological polar surface area (TPSA) is 78.9 Å². The summed E-state index contributed by atoms with van der Waals surface area (Å²) in [6, 6.07) is 16.2. The Morgan fingerprint density at radius 2 is 1.94 bits per heavy atom. The molecule has 1 atom stereocenters. The average molecular weight is 420 g/mol. The Morgan fingerprint density at radius 1 is 1.13 bits per heavy atom. The van der Waals surface area contributed by atoms with E-state index in [1.165, 1.54) is 0 Å². The van der Waals surface area contributed by atoms with E-state index in [1.807, 2.05) is 38.1 Å². The SMILES string of the molecule is CCOc1cc2c(cc1NC(=O)COc1ccc(Oc3ccccn3)cc1)O[C@@H](C)C2. The van der Waals surface area contributed by atoms with Gasteiger partial charge in [-0.2, -0.15) is 0 Å². The Kier molecular flexibility index (Phi) is 6.21. The van der Waals surface area contributed by atoms with Gasteiger partial charge in [-0.1, -0.05) is 6.07 Å². The monoisotopic (exact) mass is 420 g/mol. The van der Waals surface area contributed by atoms with E-state index in [4.69, 9.17) is 18.9 Å². The molecule has 0 spiro atoms. The second kappa shape index (κ2) is 9.38. The molecule has 2 aromatic carbocycles. The number of pyridine rings is 1. The third-order valence-corrected chi connectivity index (χ3v) is 4.63. The maximum atomic E-state index is 12.4. The highest BCUT2D eigenvalue weighted by Crippen LogP contribution is 2.38. The molecule has 0 fully saturated rings. The summed E-state index contributed by atoms with van der Waals surface area (Å²) in [5, 5.41) is 2.85. The van der Waals surface area contributed by atoms with E-state index in [0.717, 1.165) is 17.7 Å². The van der Waals surface area contributed by atoms with E-state index in [1.54, 1.807) is 36.5 Å². The van der Waals surface area contributed by atoms with Crippen molar-refractivity contribution in [2.75, 3.05) is 18.5 Å². The van der Waals surface area contributed by atoms with Crippen molar-refractivity contribution in [3.8, 4) is 28.9 Å². The number of hydrogen-bond donors (Lipinski definition) is 1. The number of carbonyl (C=O) groups excluding carboxylic acids is 1. The molecule has 0 bridgehead atoms. The summed E-state index contributed by atoms with van der Waals surface area (Å²) >= 11 is 0. The summed E-state index contributed by atoms with van der Waals surface area (Å²) in [6.07, 6.45) is 2.60. The minimum Gasteiger partial charge on any atom is -0.492 e. The molecule has 0 saturated carbocycles. The first-order valence-corrected chi connectivity index (χ1v) is 10.2. The van der Waals surface area contributed by atoms with Crippen molar-refractivity contribution >= 4 is 11.6 Å². The lowest BCUT2D eigenvalue weighted by Crippen LogP contribution is -2.20. The zero-order valence-corrected chi connectivity index (χ0v) is 17.5. The average Bonchev–Trinajstić information content (AvgIpc) is 3.13. The predicted octanol–water partition coefficient (Wildman–Crippen LogP) is 4.61. The highest BCUT2D eigenvalue weighted by Gasteiger charge is 2.22. The molecule has 0 radical (unpaired) electrons. The van der Waals surface area contributed by atoms with Crippen LogP contribution in [-0.2, 0) is 11.2 Å². The number of ether oxygens (including phenoxy) is 4. The molecule has 1 aliphatic rings. The van der Waals surface area contributed by atoms with Gasteiger partial charge in [0, 0.05) is 30.3 Å². The molecule has 3 aromatic rings. The first kappa shape index (κ1) is 20.5. The van der Waals surface area contributed by atoms with E-state index in [2.05, 4.69) is 10.3 Å². The van der Waals surface area contributed by atoms with Crippen LogP contribution in [0.5, 0.6) is 28.9 Å². The largest absolute Gasteiger partial charge is 0.492 e. The lowest BCUT2D eigenvalue weighted by molar-refractivity contribution is -0.118. The van der Waals surface area contributed by atoms with Gasteiger partial charge in [0.1, 0.15) is 29.1 Å². The van der Waals surface area contributed by atoms with Crippen LogP contribution in [-0.4, -0.2) is 30.2 Å². The number of carbonyl (C=O) groups is 1. The standard InChI is InChI=1S/C24H24N2O5/c1-3-28-22-13-17-12-16(2)30-21(17)14-20(22)26-23(27)15-29-18-7-9-19(10-8-18)31-24-6-4-5-11-25-24/h4-11,13-14,16H,3,12,15H2,1-2H3,(H,26,27)/t16-/m0/s1. The zero-order valence-electron chi connectivity index (χ0n) is 17.5. The van der Waals surface area contributed by atoms with Gasteiger partial charge >= 0.3 is 0 Å². The molecule has 0 unspecified atom stereocenters. The van der Waals surface area contributed by atoms with Gasteiger partial charge < -0.3 is 24.3 Å². The number of anilines is 1. The van der Waals surface area contributed by atoms with Gasteiger partial charge in [-0.25, -0.2) is 4.98 Å². The Labute approximate surface area is 180 Å². The van der Waals surface area contributed by atoms with Crippen molar-refractivity contribution in [2.24, 2.45) is 0 Å². The molecular weight excluding hydrogens is 396 g/mol. The van der Waals surface area contributed by atoms with Crippen LogP contribution in [0.2, 0.25) is 0 Å². The molecule has 1 aliphatic heterocycles. The van der Waals surface area contributed by atoms with Crippen LogP contribution in [0, 0.1) is 0 Å². The molecule has 0 aliphatic carbocycles. The molecule has 7 nitrogen and oxygen atoms in total. The fourth-order valence-electron chi connectivity index (χ4n) is 3.28. The number of nitrogens with zero attached hydrogens (tertiary/aromatic N) is 1. The summed E-state index contributed by atoms with van der Waals surface area (Å²) < 4.78 is 22.7. The van der Waals surface area contributed by atoms with Gasteiger partial charge in [0.25, 0.3) is 5.91 Å². The second-order valence-electron chi connectivity index (χ2n) is 7.10. The summed E-state index contributed by atoms with van der Waals surface area (Å²) in [7, 11) is 0. The maximum absolute atomic E-state index is 12.4. The molecule has 31 heavy (non-hydrogen) atoms. The van der Waals surface area contributed by atoms with Crippen molar-refractivity contribution in [1.82, 2.24) is 4.98 Å². The molecule has 1 aromatic heterocycles. The van der Waals surface area contributed by atoms with Crippen LogP contribution in [0.4, 0.5) is 5.69 Å². The number of hydrogen-bond acceptors (Lipinski definition) is 6. The van der Waals surface area contributed by atoms with Crippen LogP contribution in [0.25, 0.3) is 0 Å². The van der Waals surface area contributed by atoms with Gasteiger partial charge in [-0.3, -0.25) is 4.79 Å². The van der Waals surface area contributed by atoms with Crippen molar-refractivity contribution in [1.29, 1.82) is 0 Å². The highest BCUT2D eigenvalue weighted by atomic mass is 16.5. The number of benzene rings is 2. The molecule has 1 amide bonds. The zero-order chi connectivity index (χ0) is 21.6. The van der Waals surface area contributed by atoms with Crippen molar-refractivity contribution in [2.45, 2.75) is 26.4 Å². The predicted molar refractivity (Wildman–Crippen MR) is 116 cm³/mol. The van der Waals surface area contributed by atoms with Crippen molar-refractivity contribution in [3.05, 3.63) is 66.4 Å². The normalized spacial score (nSPS) is 14.3. The summed E-state index contributed by atoms with van der Waals surface area (Å²) in [4.78, 5) is 16.6. The Balaban J connectivity index is 1.35. The van der Waals surface area contributed by atoms with Crippen LogP contribution in [0.15, 0.2) is 60.8 Å². The molecule has 0 saturated heterocycles. The Hall–Kier alpha value is -3.74. The molecule has 160 valence electrons. The van der Waals surface area contributed by atoms with Gasteiger partial charge in [0.15, 0.2) is 6.61 Å². The first-order chi connectivity index (χ1) is 15.1. The van der Waals surface area contributed by atoms with E-state index in [-0.39, 0.29) is 18.6 Å². The molecule has 7 heteroatoms. The fraction of sp³-hybridized carbons (Fsp3) is 0.250. The Bertz CT molecular complexity index is 1040. The second-order valence-corrected chi connectivity index (χ2v) is 7.10. The number of fused-ring (bicyclic) bond motifs is 1. The lowest BCUT2D eigenvalue weighted by atomic mass is 10.1. The van der Waals surface area contributed by atoms with Gasteiger partial charge in [-0.05, 0) is 50.2 Å². The Morgan fingerprint density at radius 3 is 2.68 bits per heavy atom. The maximum Gasteiger partial charge on any atom is 0.262 e. The fourth-order valence-corrected chi connectivity index (χ4v) is 3.28. The molecule has 2 heterocycles. The number of aromatic nitrogens is 1. The van der Waals surface area contributed by atoms with Crippen molar-refractivity contribution < 1.29 is 23.7 Å². The summed E-state index contributed by atoms with van der Waals surface area (Å²) in [5.41, 5.74) is 1.65. The molecule has 1 N–H and O–H groups in total. The van der Waals surface area contributed by atoms with Crippen LogP contribution >= 0.6 is 0 Å². The molecule has 4 rings (SSSR count). The third kappa shape index (κ3) is 5.25. The number of amides is 1. The van der Waals surface area contributed by atoms with Crippen LogP contribution in [0.3, 0.4) is 0 Å². The highest BCUT2D eigenvalue weighted by molar-refractivity contribution is 5.93. The van der Waals surface area contributed by atoms with E-state index in [9.17, 15) is 4.79 Å². The van der Waals surface area contributed by atoms with Gasteiger partial charge in [-0.15, -0.1) is 0 Å². The quantitative estimate of drug-likeness (QED) is 0.573. The summed E-state index contributed by atoms with van der Waals surface area (Å²) in [5.74, 6) is 2.80. The minimum atomic E-state index is -0.291. The molecular formula is C24H24N2O5. The number of rotatable bonds is 8. The first-order valence-electron chi connectivity index (χ1n) is 10.2. The summed E-state index contributed by atoms with van der Waals surface area (Å²) in [6.45, 7) is 4.28. The van der Waals surface area contributed by atoms with Crippen LogP contribution in [0.1, 0.15) is 19.4 Å². The van der Waals surface area contributed by atoms with Crippen molar-refractivity contribution in [3.63, 3.8) is 0 Å². The smallest absolute Gasteiger partial charge is 0.262 e. The lowest BCUT2D eigenvalue weighted by Gasteiger charge is -2.14. The van der Waals surface area contributed by atoms with E-state index in [0.29, 0.717) is 35.4 Å². The van der Waals surface area contributed by atoms with E-state index >= 15 is 0 Å². The van der Waals surface area contributed by atoms with Crippen LogP contribution < -0.4 is 24.3 Å². The van der Waals surface area contributed by atoms with E-state index < -0.39 is 0 Å². The minimum absolute atomic E-state index is 0.114. The third-order valence-electron chi connectivity index (χ3n) is 4.63.